The van der Waals surface area contributed by atoms with Crippen LogP contribution in [0.4, 0.5) is 18.0 Å². The van der Waals surface area contributed by atoms with Gasteiger partial charge < -0.3 is 20.1 Å². The zero-order chi connectivity index (χ0) is 21.4. The summed E-state index contributed by atoms with van der Waals surface area (Å²) in [6.45, 7) is 3.95. The number of nitrogens with one attached hydrogen (secondary N) is 2. The monoisotopic (exact) mass is 414 g/mol. The molecule has 0 aromatic heterocycles. The third kappa shape index (κ3) is 6.99. The van der Waals surface area contributed by atoms with Gasteiger partial charge in [0.15, 0.2) is 0 Å². The summed E-state index contributed by atoms with van der Waals surface area (Å²) in [4.78, 5) is 24.5. The SMILES string of the molecule is CCCCCCCOC(=O)C1=C(C)NC(=O)NC1c1ccc(OC(F)(F)F)cc1. The largest absolute Gasteiger partial charge is 0.573 e. The number of rotatable bonds is 9. The predicted octanol–water partition coefficient (Wildman–Crippen LogP) is 4.73. The van der Waals surface area contributed by atoms with Crippen molar-refractivity contribution in [1.29, 1.82) is 0 Å². The lowest BCUT2D eigenvalue weighted by atomic mass is 9.95. The maximum absolute atomic E-state index is 12.6. The summed E-state index contributed by atoms with van der Waals surface area (Å²) >= 11 is 0. The molecule has 0 saturated heterocycles. The highest BCUT2D eigenvalue weighted by molar-refractivity contribution is 5.95. The molecule has 1 unspecified atom stereocenters. The predicted molar refractivity (Wildman–Crippen MR) is 100.0 cm³/mol. The molecule has 2 rings (SSSR count). The lowest BCUT2D eigenvalue weighted by molar-refractivity contribution is -0.274. The Morgan fingerprint density at radius 1 is 1.10 bits per heavy atom. The van der Waals surface area contributed by atoms with Crippen LogP contribution < -0.4 is 15.4 Å². The van der Waals surface area contributed by atoms with Crippen LogP contribution in [0.2, 0.25) is 0 Å². The molecule has 0 radical (unpaired) electrons. The quantitative estimate of drug-likeness (QED) is 0.453. The molecule has 1 aromatic carbocycles. The highest BCUT2D eigenvalue weighted by Gasteiger charge is 2.33. The second kappa shape index (κ2) is 10.2. The van der Waals surface area contributed by atoms with Crippen LogP contribution in [0.25, 0.3) is 0 Å². The number of alkyl halides is 3. The van der Waals surface area contributed by atoms with Crippen molar-refractivity contribution in [2.45, 2.75) is 58.4 Å². The van der Waals surface area contributed by atoms with Gasteiger partial charge in [0.05, 0.1) is 18.2 Å². The van der Waals surface area contributed by atoms with Crippen LogP contribution in [0.3, 0.4) is 0 Å². The molecule has 0 aliphatic carbocycles. The summed E-state index contributed by atoms with van der Waals surface area (Å²) in [6.07, 6.45) is 0.218. The fraction of sp³-hybridized carbons (Fsp3) is 0.500. The molecule has 0 spiro atoms. The van der Waals surface area contributed by atoms with Gasteiger partial charge >= 0.3 is 18.4 Å². The minimum atomic E-state index is -4.80. The lowest BCUT2D eigenvalue weighted by Crippen LogP contribution is -2.45. The first kappa shape index (κ1) is 22.6. The zero-order valence-electron chi connectivity index (χ0n) is 16.4. The van der Waals surface area contributed by atoms with Crippen LogP contribution in [0.5, 0.6) is 5.75 Å². The van der Waals surface area contributed by atoms with E-state index >= 15 is 0 Å². The van der Waals surface area contributed by atoms with E-state index < -0.39 is 30.2 Å². The maximum Gasteiger partial charge on any atom is 0.573 e. The molecule has 1 aliphatic heterocycles. The Morgan fingerprint density at radius 2 is 1.76 bits per heavy atom. The summed E-state index contributed by atoms with van der Waals surface area (Å²) in [7, 11) is 0. The van der Waals surface area contributed by atoms with Crippen LogP contribution in [-0.2, 0) is 9.53 Å². The number of unbranched alkanes of at least 4 members (excludes halogenated alkanes) is 4. The van der Waals surface area contributed by atoms with Crippen molar-refractivity contribution in [2.75, 3.05) is 6.61 Å². The molecule has 1 aliphatic rings. The van der Waals surface area contributed by atoms with E-state index in [1.165, 1.54) is 12.1 Å². The zero-order valence-corrected chi connectivity index (χ0v) is 16.4. The molecule has 0 bridgehead atoms. The Hall–Kier alpha value is -2.71. The average molecular weight is 414 g/mol. The van der Waals surface area contributed by atoms with Gasteiger partial charge in [-0.05, 0) is 31.0 Å². The molecule has 0 fully saturated rings. The van der Waals surface area contributed by atoms with Crippen LogP contribution in [-0.4, -0.2) is 25.0 Å². The Labute approximate surface area is 167 Å². The fourth-order valence-corrected chi connectivity index (χ4v) is 3.02. The van der Waals surface area contributed by atoms with E-state index in [1.807, 2.05) is 0 Å². The smallest absolute Gasteiger partial charge is 0.462 e. The van der Waals surface area contributed by atoms with Crippen LogP contribution in [0.1, 0.15) is 57.6 Å². The van der Waals surface area contributed by atoms with Gasteiger partial charge in [0, 0.05) is 5.70 Å². The van der Waals surface area contributed by atoms with Gasteiger partial charge in [-0.3, -0.25) is 0 Å². The number of urea groups is 1. The minimum Gasteiger partial charge on any atom is -0.462 e. The number of carbonyl (C=O) groups is 2. The Balaban J connectivity index is 2.09. The third-order valence-corrected chi connectivity index (χ3v) is 4.42. The molecule has 29 heavy (non-hydrogen) atoms. The number of halogens is 3. The molecule has 0 saturated carbocycles. The molecule has 2 N–H and O–H groups in total. The molecule has 6 nitrogen and oxygen atoms in total. The number of hydrogen-bond donors (Lipinski definition) is 2. The summed E-state index contributed by atoms with van der Waals surface area (Å²) in [5, 5.41) is 5.13. The maximum atomic E-state index is 12.6. The summed E-state index contributed by atoms with van der Waals surface area (Å²) in [5.41, 5.74) is 0.983. The van der Waals surface area contributed by atoms with Crippen molar-refractivity contribution < 1.29 is 32.2 Å². The normalized spacial score (nSPS) is 16.9. The van der Waals surface area contributed by atoms with Crippen molar-refractivity contribution in [3.8, 4) is 5.75 Å². The number of allylic oxidation sites excluding steroid dienone is 1. The van der Waals surface area contributed by atoms with E-state index in [1.54, 1.807) is 6.92 Å². The van der Waals surface area contributed by atoms with Gasteiger partial charge in [-0.25, -0.2) is 9.59 Å². The molecule has 160 valence electrons. The summed E-state index contributed by atoms with van der Waals surface area (Å²) in [6, 6.07) is 3.63. The van der Waals surface area contributed by atoms with E-state index in [2.05, 4.69) is 22.3 Å². The standard InChI is InChI=1S/C20H25F3N2O4/c1-3-4-5-6-7-12-28-18(26)16-13(2)24-19(27)25-17(16)14-8-10-15(11-9-14)29-20(21,22)23/h8-11,17H,3-7,12H2,1-2H3,(H2,24,25,27). The summed E-state index contributed by atoms with van der Waals surface area (Å²) < 4.78 is 46.2. The molecule has 9 heteroatoms. The van der Waals surface area contributed by atoms with Crippen molar-refractivity contribution in [3.63, 3.8) is 0 Å². The van der Waals surface area contributed by atoms with E-state index in [-0.39, 0.29) is 12.2 Å². The molecular weight excluding hydrogens is 389 g/mol. The van der Waals surface area contributed by atoms with E-state index in [0.717, 1.165) is 44.2 Å². The second-order valence-corrected chi connectivity index (χ2v) is 6.74. The molecular formula is C20H25F3N2O4. The van der Waals surface area contributed by atoms with E-state index in [4.69, 9.17) is 4.74 Å². The Morgan fingerprint density at radius 3 is 2.38 bits per heavy atom. The van der Waals surface area contributed by atoms with Crippen molar-refractivity contribution in [2.24, 2.45) is 0 Å². The van der Waals surface area contributed by atoms with Crippen LogP contribution in [0.15, 0.2) is 35.5 Å². The number of amides is 2. The molecule has 1 aromatic rings. The van der Waals surface area contributed by atoms with Crippen LogP contribution in [0, 0.1) is 0 Å². The lowest BCUT2D eigenvalue weighted by Gasteiger charge is -2.28. The molecule has 1 atom stereocenters. The highest BCUT2D eigenvalue weighted by atomic mass is 19.4. The average Bonchev–Trinajstić information content (AvgIpc) is 2.63. The van der Waals surface area contributed by atoms with Gasteiger partial charge in [0.25, 0.3) is 0 Å². The van der Waals surface area contributed by atoms with Gasteiger partial charge in [-0.1, -0.05) is 44.7 Å². The number of esters is 1. The molecule has 2 amide bonds. The van der Waals surface area contributed by atoms with Crippen molar-refractivity contribution in [3.05, 3.63) is 41.1 Å². The van der Waals surface area contributed by atoms with Crippen molar-refractivity contribution in [1.82, 2.24) is 10.6 Å². The minimum absolute atomic E-state index is 0.211. The fourth-order valence-electron chi connectivity index (χ4n) is 3.02. The van der Waals surface area contributed by atoms with Gasteiger partial charge in [0.2, 0.25) is 0 Å². The van der Waals surface area contributed by atoms with Crippen LogP contribution >= 0.6 is 0 Å². The van der Waals surface area contributed by atoms with E-state index in [0.29, 0.717) is 11.3 Å². The van der Waals surface area contributed by atoms with Gasteiger partial charge in [0.1, 0.15) is 5.75 Å². The number of hydrogen-bond acceptors (Lipinski definition) is 4. The Kier molecular flexibility index (Phi) is 7.92. The topological polar surface area (TPSA) is 76.7 Å². The summed E-state index contributed by atoms with van der Waals surface area (Å²) in [5.74, 6) is -0.968. The first-order valence-corrected chi connectivity index (χ1v) is 9.52. The Bertz CT molecular complexity index is 745. The third-order valence-electron chi connectivity index (χ3n) is 4.42. The highest BCUT2D eigenvalue weighted by Crippen LogP contribution is 2.30. The first-order valence-electron chi connectivity index (χ1n) is 9.52. The molecule has 1 heterocycles. The number of benzene rings is 1. The van der Waals surface area contributed by atoms with Gasteiger partial charge in [-0.15, -0.1) is 13.2 Å². The number of ether oxygens (including phenoxy) is 2. The first-order chi connectivity index (χ1) is 13.7. The second-order valence-electron chi connectivity index (χ2n) is 6.74. The number of carbonyl (C=O) groups excluding carboxylic acids is 2. The van der Waals surface area contributed by atoms with E-state index in [9.17, 15) is 22.8 Å². The van der Waals surface area contributed by atoms with Gasteiger partial charge in [-0.2, -0.15) is 0 Å². The van der Waals surface area contributed by atoms with Crippen molar-refractivity contribution >= 4 is 12.0 Å².